The Bertz CT molecular complexity index is 120. The molecule has 0 amide bonds. The molecule has 3 nitrogen and oxygen atoms in total. The molecule has 0 radical (unpaired) electrons. The Labute approximate surface area is 47.4 Å². The molecule has 3 heteroatoms. The monoisotopic (exact) mass is 113 g/mol. The van der Waals surface area contributed by atoms with Crippen molar-refractivity contribution in [3.05, 3.63) is 0 Å². The van der Waals surface area contributed by atoms with Crippen molar-refractivity contribution in [3.8, 4) is 0 Å². The maximum Gasteiger partial charge on any atom is 0.312 e. The van der Waals surface area contributed by atoms with Crippen molar-refractivity contribution in [3.63, 3.8) is 0 Å². The largest absolute Gasteiger partial charge is 0.415 e. The Balaban J connectivity index is 2.41. The number of ether oxygens (including phenoxy) is 1. The highest BCUT2D eigenvalue weighted by molar-refractivity contribution is 5.78. The van der Waals surface area contributed by atoms with Crippen LogP contribution in [0.3, 0.4) is 0 Å². The summed E-state index contributed by atoms with van der Waals surface area (Å²) in [5.41, 5.74) is 0. The van der Waals surface area contributed by atoms with E-state index >= 15 is 0 Å². The zero-order valence-electron chi connectivity index (χ0n) is 4.46. The molecule has 0 fully saturated rings. The van der Waals surface area contributed by atoms with Crippen LogP contribution in [0.25, 0.3) is 0 Å². The summed E-state index contributed by atoms with van der Waals surface area (Å²) in [6.45, 7) is 0.714. The Kier molecular flexibility index (Phi) is 1.62. The summed E-state index contributed by atoms with van der Waals surface area (Å²) in [6, 6.07) is 0. The van der Waals surface area contributed by atoms with Crippen molar-refractivity contribution < 1.29 is 9.53 Å². The van der Waals surface area contributed by atoms with Crippen molar-refractivity contribution in [1.29, 1.82) is 0 Å². The molecule has 44 valence electrons. The molecular weight excluding hydrogens is 106 g/mol. The van der Waals surface area contributed by atoms with Gasteiger partial charge in [-0.05, 0) is 6.42 Å². The molecule has 8 heavy (non-hydrogen) atoms. The third kappa shape index (κ3) is 1.33. The fourth-order valence-corrected chi connectivity index (χ4v) is 0.522. The second-order valence-corrected chi connectivity index (χ2v) is 1.61. The van der Waals surface area contributed by atoms with Gasteiger partial charge in [-0.3, -0.25) is 9.79 Å². The minimum Gasteiger partial charge on any atom is -0.415 e. The second kappa shape index (κ2) is 2.45. The minimum absolute atomic E-state index is 0.175. The van der Waals surface area contributed by atoms with Crippen LogP contribution in [0, 0.1) is 0 Å². The summed E-state index contributed by atoms with van der Waals surface area (Å²) in [5.74, 6) is -0.175. The van der Waals surface area contributed by atoms with E-state index in [0.717, 1.165) is 6.42 Å². The standard InChI is InChI=1S/C5H7NO2/c7-5-2-1-3-6-4-8-5/h4H,1-3H2. The van der Waals surface area contributed by atoms with Gasteiger partial charge in [0, 0.05) is 13.0 Å². The predicted octanol–water partition coefficient (Wildman–Crippen LogP) is 0.352. The van der Waals surface area contributed by atoms with E-state index in [9.17, 15) is 4.79 Å². The van der Waals surface area contributed by atoms with E-state index in [0.29, 0.717) is 13.0 Å². The number of aliphatic imine (C=N–C) groups is 1. The van der Waals surface area contributed by atoms with E-state index in [2.05, 4.69) is 9.73 Å². The molecule has 1 aliphatic rings. The first-order valence-electron chi connectivity index (χ1n) is 2.57. The van der Waals surface area contributed by atoms with Crippen LogP contribution >= 0.6 is 0 Å². The Hall–Kier alpha value is -0.860. The summed E-state index contributed by atoms with van der Waals surface area (Å²) in [6.07, 6.45) is 2.53. The first-order chi connectivity index (χ1) is 3.89. The summed E-state index contributed by atoms with van der Waals surface area (Å²) < 4.78 is 4.47. The minimum atomic E-state index is -0.175. The number of esters is 1. The van der Waals surface area contributed by atoms with Gasteiger partial charge >= 0.3 is 5.97 Å². The van der Waals surface area contributed by atoms with E-state index in [4.69, 9.17) is 0 Å². The van der Waals surface area contributed by atoms with Crippen LogP contribution in [0.1, 0.15) is 12.8 Å². The summed E-state index contributed by atoms with van der Waals surface area (Å²) >= 11 is 0. The van der Waals surface area contributed by atoms with Crippen molar-refractivity contribution in [1.82, 2.24) is 0 Å². The molecule has 0 atom stereocenters. The zero-order valence-corrected chi connectivity index (χ0v) is 4.46. The van der Waals surface area contributed by atoms with Crippen molar-refractivity contribution in [2.24, 2.45) is 4.99 Å². The van der Waals surface area contributed by atoms with Crippen LogP contribution in [-0.2, 0) is 9.53 Å². The Morgan fingerprint density at radius 1 is 1.75 bits per heavy atom. The van der Waals surface area contributed by atoms with Gasteiger partial charge in [0.25, 0.3) is 0 Å². The predicted molar refractivity (Wildman–Crippen MR) is 28.7 cm³/mol. The highest BCUT2D eigenvalue weighted by Crippen LogP contribution is 1.95. The maximum atomic E-state index is 10.4. The van der Waals surface area contributed by atoms with E-state index in [-0.39, 0.29) is 5.97 Å². The van der Waals surface area contributed by atoms with Crippen LogP contribution in [0.4, 0.5) is 0 Å². The Morgan fingerprint density at radius 2 is 2.62 bits per heavy atom. The molecule has 0 aromatic rings. The van der Waals surface area contributed by atoms with Gasteiger partial charge in [0.2, 0.25) is 0 Å². The third-order valence-corrected chi connectivity index (χ3v) is 0.927. The molecule has 0 spiro atoms. The van der Waals surface area contributed by atoms with E-state index < -0.39 is 0 Å². The Morgan fingerprint density at radius 3 is 3.50 bits per heavy atom. The molecule has 0 aromatic carbocycles. The number of cyclic esters (lactones) is 1. The molecular formula is C5H7NO2. The molecule has 1 rings (SSSR count). The second-order valence-electron chi connectivity index (χ2n) is 1.61. The smallest absolute Gasteiger partial charge is 0.312 e. The van der Waals surface area contributed by atoms with Gasteiger partial charge in [-0.2, -0.15) is 0 Å². The first kappa shape index (κ1) is 5.28. The maximum absolute atomic E-state index is 10.4. The summed E-state index contributed by atoms with van der Waals surface area (Å²) in [4.78, 5) is 14.1. The molecule has 1 heterocycles. The number of carbonyl (C=O) groups excluding carboxylic acids is 1. The highest BCUT2D eigenvalue weighted by Gasteiger charge is 2.02. The SMILES string of the molecule is O=C1CCCN=CO1. The third-order valence-electron chi connectivity index (χ3n) is 0.927. The summed E-state index contributed by atoms with van der Waals surface area (Å²) in [7, 11) is 0. The molecule has 0 saturated heterocycles. The highest BCUT2D eigenvalue weighted by atomic mass is 16.5. The average molecular weight is 113 g/mol. The number of rotatable bonds is 0. The van der Waals surface area contributed by atoms with Gasteiger partial charge in [-0.25, -0.2) is 0 Å². The zero-order chi connectivity index (χ0) is 5.82. The normalized spacial score (nSPS) is 19.8. The molecule has 0 N–H and O–H groups in total. The first-order valence-corrected chi connectivity index (χ1v) is 2.57. The molecule has 1 aliphatic heterocycles. The van der Waals surface area contributed by atoms with Gasteiger partial charge in [0.15, 0.2) is 6.40 Å². The van der Waals surface area contributed by atoms with Crippen LogP contribution in [0.5, 0.6) is 0 Å². The fourth-order valence-electron chi connectivity index (χ4n) is 0.522. The van der Waals surface area contributed by atoms with Crippen molar-refractivity contribution in [2.75, 3.05) is 6.54 Å². The van der Waals surface area contributed by atoms with Gasteiger partial charge in [0.1, 0.15) is 0 Å². The van der Waals surface area contributed by atoms with Crippen LogP contribution in [0.15, 0.2) is 4.99 Å². The van der Waals surface area contributed by atoms with E-state index in [1.54, 1.807) is 0 Å². The molecule has 0 bridgehead atoms. The molecule has 0 aromatic heterocycles. The molecule has 0 saturated carbocycles. The van der Waals surface area contributed by atoms with Gasteiger partial charge < -0.3 is 4.74 Å². The fraction of sp³-hybridized carbons (Fsp3) is 0.600. The van der Waals surface area contributed by atoms with Crippen LogP contribution in [-0.4, -0.2) is 18.9 Å². The molecule has 0 unspecified atom stereocenters. The molecule has 0 aliphatic carbocycles. The number of carbonyl (C=O) groups is 1. The van der Waals surface area contributed by atoms with E-state index in [1.165, 1.54) is 6.40 Å². The lowest BCUT2D eigenvalue weighted by Gasteiger charge is -1.87. The lowest BCUT2D eigenvalue weighted by Crippen LogP contribution is -1.98. The van der Waals surface area contributed by atoms with Gasteiger partial charge in [-0.15, -0.1) is 0 Å². The number of hydrogen-bond donors (Lipinski definition) is 0. The van der Waals surface area contributed by atoms with Crippen LogP contribution < -0.4 is 0 Å². The summed E-state index contributed by atoms with van der Waals surface area (Å²) in [5, 5.41) is 0. The lowest BCUT2D eigenvalue weighted by atomic mass is 10.3. The quantitative estimate of drug-likeness (QED) is 0.425. The average Bonchev–Trinajstić information content (AvgIpc) is 1.94. The lowest BCUT2D eigenvalue weighted by molar-refractivity contribution is -0.134. The van der Waals surface area contributed by atoms with Gasteiger partial charge in [-0.1, -0.05) is 0 Å². The van der Waals surface area contributed by atoms with E-state index in [1.807, 2.05) is 0 Å². The van der Waals surface area contributed by atoms with Crippen molar-refractivity contribution >= 4 is 12.4 Å². The number of hydrogen-bond acceptors (Lipinski definition) is 3. The number of nitrogens with zero attached hydrogens (tertiary/aromatic N) is 1. The topological polar surface area (TPSA) is 38.7 Å². The van der Waals surface area contributed by atoms with Crippen molar-refractivity contribution in [2.45, 2.75) is 12.8 Å². The van der Waals surface area contributed by atoms with Gasteiger partial charge in [0.05, 0.1) is 0 Å². The van der Waals surface area contributed by atoms with Crippen LogP contribution in [0.2, 0.25) is 0 Å².